The molecule has 23 heavy (non-hydrogen) atoms. The molecule has 2 rings (SSSR count). The van der Waals surface area contributed by atoms with Crippen molar-refractivity contribution in [3.63, 3.8) is 0 Å². The van der Waals surface area contributed by atoms with Crippen LogP contribution >= 0.6 is 11.3 Å². The molecule has 1 aromatic heterocycles. The van der Waals surface area contributed by atoms with Crippen molar-refractivity contribution in [2.45, 2.75) is 17.2 Å². The second kappa shape index (κ2) is 6.59. The fourth-order valence-corrected chi connectivity index (χ4v) is 3.70. The predicted molar refractivity (Wildman–Crippen MR) is 82.8 cm³/mol. The van der Waals surface area contributed by atoms with E-state index < -0.39 is 21.2 Å². The zero-order valence-corrected chi connectivity index (χ0v) is 13.5. The molecule has 0 radical (unpaired) electrons. The van der Waals surface area contributed by atoms with Crippen molar-refractivity contribution in [3.8, 4) is 0 Å². The molecule has 1 heterocycles. The van der Waals surface area contributed by atoms with E-state index in [1.54, 1.807) is 0 Å². The number of hydrogen-bond donors (Lipinski definition) is 1. The van der Waals surface area contributed by atoms with E-state index in [9.17, 15) is 27.3 Å². The van der Waals surface area contributed by atoms with Crippen molar-refractivity contribution in [2.75, 3.05) is 11.6 Å². The largest absolute Gasteiger partial charge is 0.367 e. The highest BCUT2D eigenvalue weighted by atomic mass is 32.2. The van der Waals surface area contributed by atoms with E-state index in [0.717, 1.165) is 23.7 Å². The van der Waals surface area contributed by atoms with E-state index in [4.69, 9.17) is 0 Å². The molecule has 0 aliphatic rings. The lowest BCUT2D eigenvalue weighted by Gasteiger charge is -2.05. The number of hydrogen-bond acceptors (Lipinski definition) is 6. The summed E-state index contributed by atoms with van der Waals surface area (Å²) in [6.45, 7) is 0.147. The number of rotatable bonds is 6. The lowest BCUT2D eigenvalue weighted by Crippen LogP contribution is -2.00. The molecule has 0 fully saturated rings. The fourth-order valence-electron chi connectivity index (χ4n) is 1.77. The van der Waals surface area contributed by atoms with E-state index in [1.165, 1.54) is 24.3 Å². The van der Waals surface area contributed by atoms with E-state index in [2.05, 4.69) is 5.32 Å². The third kappa shape index (κ3) is 4.23. The summed E-state index contributed by atoms with van der Waals surface area (Å²) >= 11 is 0.761. The summed E-state index contributed by atoms with van der Waals surface area (Å²) in [6, 6.07) is 6.50. The lowest BCUT2D eigenvalue weighted by molar-refractivity contribution is -0.383. The first kappa shape index (κ1) is 17.3. The maximum absolute atomic E-state index is 12.5. The highest BCUT2D eigenvalue weighted by Gasteiger charge is 2.23. The molecule has 6 nitrogen and oxygen atoms in total. The molecule has 2 aromatic rings. The van der Waals surface area contributed by atoms with Gasteiger partial charge >= 0.3 is 5.69 Å². The van der Waals surface area contributed by atoms with Crippen molar-refractivity contribution >= 4 is 31.9 Å². The molecule has 0 saturated carbocycles. The minimum atomic E-state index is -3.55. The van der Waals surface area contributed by atoms with Gasteiger partial charge in [0.1, 0.15) is 4.21 Å². The van der Waals surface area contributed by atoms with Crippen LogP contribution in [0.3, 0.4) is 0 Å². The van der Waals surface area contributed by atoms with Crippen LogP contribution in [0.5, 0.6) is 0 Å². The van der Waals surface area contributed by atoms with Gasteiger partial charge in [-0.2, -0.15) is 0 Å². The summed E-state index contributed by atoms with van der Waals surface area (Å²) in [7, 11) is -3.55. The van der Waals surface area contributed by atoms with Crippen molar-refractivity contribution < 1.29 is 22.1 Å². The number of sulfone groups is 1. The smallest absolute Gasteiger partial charge is 0.304 e. The van der Waals surface area contributed by atoms with E-state index in [-0.39, 0.29) is 27.0 Å². The van der Waals surface area contributed by atoms with Gasteiger partial charge in [0, 0.05) is 24.4 Å². The van der Waals surface area contributed by atoms with E-state index >= 15 is 0 Å². The maximum atomic E-state index is 12.5. The standard InChI is InChI=1S/C13H12F2N2O4S2/c1-23(20,21)11-6-10(17(18)19)13(22-11)16-7-8-2-4-9(5-3-8)12(14)15/h2-6,12,16H,7H2,1H3. The number of nitro groups is 1. The SMILES string of the molecule is CS(=O)(=O)c1cc([N+](=O)[O-])c(NCc2ccc(C(F)F)cc2)s1. The first-order valence-corrected chi connectivity index (χ1v) is 8.98. The van der Waals surface area contributed by atoms with Gasteiger partial charge in [-0.3, -0.25) is 10.1 Å². The Morgan fingerprint density at radius 1 is 1.30 bits per heavy atom. The molecule has 0 spiro atoms. The van der Waals surface area contributed by atoms with Crippen LogP contribution in [0.25, 0.3) is 0 Å². The molecule has 1 N–H and O–H groups in total. The number of benzene rings is 1. The average Bonchev–Trinajstić information content (AvgIpc) is 2.90. The Bertz CT molecular complexity index is 817. The van der Waals surface area contributed by atoms with Crippen LogP contribution in [0.2, 0.25) is 0 Å². The lowest BCUT2D eigenvalue weighted by atomic mass is 10.1. The van der Waals surface area contributed by atoms with Gasteiger partial charge in [0.05, 0.1) is 4.92 Å². The molecule has 0 atom stereocenters. The Hall–Kier alpha value is -2.07. The normalized spacial score (nSPS) is 11.7. The Balaban J connectivity index is 2.19. The van der Waals surface area contributed by atoms with Crippen LogP contribution in [0.1, 0.15) is 17.6 Å². The number of nitrogens with zero attached hydrogens (tertiary/aromatic N) is 1. The van der Waals surface area contributed by atoms with Crippen molar-refractivity contribution in [2.24, 2.45) is 0 Å². The summed E-state index contributed by atoms with van der Waals surface area (Å²) < 4.78 is 47.8. The van der Waals surface area contributed by atoms with Gasteiger partial charge in [-0.05, 0) is 5.56 Å². The highest BCUT2D eigenvalue weighted by Crippen LogP contribution is 2.37. The topological polar surface area (TPSA) is 89.3 Å². The Labute approximate surface area is 134 Å². The third-order valence-corrected chi connectivity index (χ3v) is 5.82. The van der Waals surface area contributed by atoms with E-state index in [1.807, 2.05) is 0 Å². The monoisotopic (exact) mass is 362 g/mol. The van der Waals surface area contributed by atoms with Gasteiger partial charge in [-0.15, -0.1) is 0 Å². The van der Waals surface area contributed by atoms with Gasteiger partial charge in [-0.25, -0.2) is 17.2 Å². The van der Waals surface area contributed by atoms with Gasteiger partial charge in [0.15, 0.2) is 14.8 Å². The van der Waals surface area contributed by atoms with Crippen LogP contribution in [-0.2, 0) is 16.4 Å². The molecule has 0 amide bonds. The quantitative estimate of drug-likeness (QED) is 0.626. The van der Waals surface area contributed by atoms with Crippen LogP contribution in [0, 0.1) is 10.1 Å². The van der Waals surface area contributed by atoms with Crippen molar-refractivity contribution in [1.82, 2.24) is 0 Å². The minimum Gasteiger partial charge on any atom is -0.367 e. The van der Waals surface area contributed by atoms with Gasteiger partial charge < -0.3 is 5.32 Å². The summed E-state index contributed by atoms with van der Waals surface area (Å²) in [5.74, 6) is 0. The molecular formula is C13H12F2N2O4S2. The number of thiophene rings is 1. The Morgan fingerprint density at radius 3 is 2.39 bits per heavy atom. The highest BCUT2D eigenvalue weighted by molar-refractivity contribution is 7.92. The number of halogens is 2. The summed E-state index contributed by atoms with van der Waals surface area (Å²) in [6.07, 6.45) is -1.59. The first-order chi connectivity index (χ1) is 10.7. The van der Waals surface area contributed by atoms with Crippen molar-refractivity contribution in [3.05, 3.63) is 51.6 Å². The molecule has 0 aliphatic heterocycles. The Morgan fingerprint density at radius 2 is 1.91 bits per heavy atom. The van der Waals surface area contributed by atoms with Crippen molar-refractivity contribution in [1.29, 1.82) is 0 Å². The predicted octanol–water partition coefficient (Wildman–Crippen LogP) is 3.61. The molecule has 1 aromatic carbocycles. The van der Waals surface area contributed by atoms with Gasteiger partial charge in [0.25, 0.3) is 6.43 Å². The zero-order valence-electron chi connectivity index (χ0n) is 11.8. The molecule has 0 aliphatic carbocycles. The maximum Gasteiger partial charge on any atom is 0.304 e. The summed E-state index contributed by atoms with van der Waals surface area (Å²) in [4.78, 5) is 10.3. The molecule has 124 valence electrons. The summed E-state index contributed by atoms with van der Waals surface area (Å²) in [5.41, 5.74) is 0.188. The van der Waals surface area contributed by atoms with Gasteiger partial charge in [0.2, 0.25) is 0 Å². The van der Waals surface area contributed by atoms with Crippen LogP contribution in [-0.4, -0.2) is 19.6 Å². The molecule has 0 bridgehead atoms. The first-order valence-electron chi connectivity index (χ1n) is 6.27. The zero-order chi connectivity index (χ0) is 17.2. The number of nitrogens with one attached hydrogen (secondary N) is 1. The second-order valence-corrected chi connectivity index (χ2v) is 8.00. The van der Waals surface area contributed by atoms with Crippen LogP contribution in [0.4, 0.5) is 19.5 Å². The fraction of sp³-hybridized carbons (Fsp3) is 0.231. The molecule has 0 saturated heterocycles. The molecule has 10 heteroatoms. The Kier molecular flexibility index (Phi) is 4.95. The number of alkyl halides is 2. The second-order valence-electron chi connectivity index (χ2n) is 4.70. The molecular weight excluding hydrogens is 350 g/mol. The molecule has 0 unspecified atom stereocenters. The van der Waals surface area contributed by atoms with Crippen LogP contribution < -0.4 is 5.32 Å². The number of anilines is 1. The third-order valence-electron chi connectivity index (χ3n) is 2.94. The van der Waals surface area contributed by atoms with E-state index in [0.29, 0.717) is 5.56 Å². The minimum absolute atomic E-state index is 0.105. The van der Waals surface area contributed by atoms with Crippen LogP contribution in [0.15, 0.2) is 34.5 Å². The summed E-state index contributed by atoms with van der Waals surface area (Å²) in [5, 5.41) is 13.9. The van der Waals surface area contributed by atoms with Gasteiger partial charge in [-0.1, -0.05) is 35.6 Å². The average molecular weight is 362 g/mol.